The first kappa shape index (κ1) is 29.5. The second kappa shape index (κ2) is 12.8. The molecule has 8 aromatic carbocycles. The van der Waals surface area contributed by atoms with Crippen molar-refractivity contribution < 1.29 is 0 Å². The molecule has 0 aliphatic carbocycles. The Morgan fingerprint density at radius 1 is 0.320 bits per heavy atom. The van der Waals surface area contributed by atoms with E-state index in [9.17, 15) is 0 Å². The molecule has 9 rings (SSSR count). The number of anilines is 2. The topological polar surface area (TPSA) is 17.0 Å². The first-order valence-electron chi connectivity index (χ1n) is 17.1. The molecule has 0 aliphatic rings. The molecule has 1 heterocycles. The molecule has 0 atom stereocenters. The molecule has 1 N–H and O–H groups in total. The maximum Gasteiger partial charge on any atom is 0.0541 e. The molecular formula is C48H34N2. The fourth-order valence-electron chi connectivity index (χ4n) is 7.11. The van der Waals surface area contributed by atoms with Crippen LogP contribution in [0, 0.1) is 0 Å². The van der Waals surface area contributed by atoms with Crippen LogP contribution in [0.1, 0.15) is 0 Å². The Bertz CT molecular complexity index is 2580. The molecule has 236 valence electrons. The van der Waals surface area contributed by atoms with Gasteiger partial charge in [-0.15, -0.1) is 0 Å². The Labute approximate surface area is 292 Å². The zero-order valence-corrected chi connectivity index (χ0v) is 27.5. The summed E-state index contributed by atoms with van der Waals surface area (Å²) in [6.07, 6.45) is 0. The lowest BCUT2D eigenvalue weighted by Gasteiger charge is -2.14. The standard InChI is InChI=1S/C48H34N2/c1-3-12-34(13-4-1)36-22-27-41(28-23-36)49-46-20-9-7-18-43(46)40-17-11-16-38(32-40)39-26-31-48-45(33-39)44-19-8-10-21-47(44)50(48)42-29-24-37(25-30-42)35-14-5-2-6-15-35/h1-33,49H. The molecule has 0 unspecified atom stereocenters. The number of rotatable bonds is 7. The summed E-state index contributed by atoms with van der Waals surface area (Å²) in [6.45, 7) is 0. The van der Waals surface area contributed by atoms with Crippen molar-refractivity contribution in [3.05, 3.63) is 200 Å². The van der Waals surface area contributed by atoms with E-state index in [0.717, 1.165) is 22.6 Å². The summed E-state index contributed by atoms with van der Waals surface area (Å²) in [7, 11) is 0. The van der Waals surface area contributed by atoms with Gasteiger partial charge in [-0.05, 0) is 93.5 Å². The normalized spacial score (nSPS) is 11.2. The molecule has 0 saturated heterocycles. The second-order valence-corrected chi connectivity index (χ2v) is 12.7. The molecule has 2 nitrogen and oxygen atoms in total. The van der Waals surface area contributed by atoms with Crippen LogP contribution in [0.3, 0.4) is 0 Å². The van der Waals surface area contributed by atoms with Crippen LogP contribution >= 0.6 is 0 Å². The highest BCUT2D eigenvalue weighted by Crippen LogP contribution is 2.37. The first-order valence-corrected chi connectivity index (χ1v) is 17.1. The number of hydrogen-bond donors (Lipinski definition) is 1. The number of nitrogens with one attached hydrogen (secondary N) is 1. The molecule has 0 bridgehead atoms. The first-order chi connectivity index (χ1) is 24.8. The van der Waals surface area contributed by atoms with Crippen LogP contribution in [0.2, 0.25) is 0 Å². The van der Waals surface area contributed by atoms with Crippen LogP contribution in [-0.4, -0.2) is 4.57 Å². The number of fused-ring (bicyclic) bond motifs is 3. The van der Waals surface area contributed by atoms with E-state index in [1.807, 2.05) is 0 Å². The average Bonchev–Trinajstić information content (AvgIpc) is 3.53. The van der Waals surface area contributed by atoms with Crippen LogP contribution in [0.15, 0.2) is 200 Å². The van der Waals surface area contributed by atoms with E-state index < -0.39 is 0 Å². The van der Waals surface area contributed by atoms with Crippen molar-refractivity contribution in [2.45, 2.75) is 0 Å². The van der Waals surface area contributed by atoms with Crippen LogP contribution in [0.4, 0.5) is 11.4 Å². The van der Waals surface area contributed by atoms with E-state index in [0.29, 0.717) is 0 Å². The quantitative estimate of drug-likeness (QED) is 0.184. The van der Waals surface area contributed by atoms with Crippen LogP contribution in [-0.2, 0) is 0 Å². The predicted octanol–water partition coefficient (Wildman–Crippen LogP) is 13.2. The van der Waals surface area contributed by atoms with E-state index in [4.69, 9.17) is 0 Å². The SMILES string of the molecule is c1ccc(-c2ccc(Nc3ccccc3-c3cccc(-c4ccc5c(c4)c4ccccc4n5-c4ccc(-c5ccccc5)cc4)c3)cc2)cc1. The van der Waals surface area contributed by atoms with Gasteiger partial charge in [0.15, 0.2) is 0 Å². The number of nitrogens with zero attached hydrogens (tertiary/aromatic N) is 1. The lowest BCUT2D eigenvalue weighted by molar-refractivity contribution is 1.18. The van der Waals surface area contributed by atoms with E-state index in [-0.39, 0.29) is 0 Å². The summed E-state index contributed by atoms with van der Waals surface area (Å²) >= 11 is 0. The smallest absolute Gasteiger partial charge is 0.0541 e. The Kier molecular flexibility index (Phi) is 7.53. The molecule has 9 aromatic rings. The predicted molar refractivity (Wildman–Crippen MR) is 212 cm³/mol. The summed E-state index contributed by atoms with van der Waals surface area (Å²) < 4.78 is 2.38. The van der Waals surface area contributed by atoms with Crippen LogP contribution in [0.5, 0.6) is 0 Å². The van der Waals surface area contributed by atoms with Gasteiger partial charge in [0.05, 0.1) is 11.0 Å². The maximum atomic E-state index is 3.68. The summed E-state index contributed by atoms with van der Waals surface area (Å²) in [5.74, 6) is 0. The molecule has 2 heteroatoms. The van der Waals surface area contributed by atoms with Gasteiger partial charge in [0, 0.05) is 33.4 Å². The van der Waals surface area contributed by atoms with Gasteiger partial charge < -0.3 is 9.88 Å². The average molecular weight is 639 g/mol. The van der Waals surface area contributed by atoms with Crippen LogP contribution in [0.25, 0.3) is 72.0 Å². The lowest BCUT2D eigenvalue weighted by Crippen LogP contribution is -1.94. The molecule has 0 aliphatic heterocycles. The van der Waals surface area contributed by atoms with Crippen molar-refractivity contribution in [2.75, 3.05) is 5.32 Å². The largest absolute Gasteiger partial charge is 0.355 e. The zero-order chi connectivity index (χ0) is 33.3. The van der Waals surface area contributed by atoms with E-state index in [1.54, 1.807) is 0 Å². The van der Waals surface area contributed by atoms with Crippen molar-refractivity contribution in [3.63, 3.8) is 0 Å². The Morgan fingerprint density at radius 3 is 1.58 bits per heavy atom. The van der Waals surface area contributed by atoms with E-state index >= 15 is 0 Å². The third-order valence-corrected chi connectivity index (χ3v) is 9.61. The number of para-hydroxylation sites is 2. The number of aromatic nitrogens is 1. The van der Waals surface area contributed by atoms with Crippen molar-refractivity contribution >= 4 is 33.2 Å². The minimum Gasteiger partial charge on any atom is -0.355 e. The zero-order valence-electron chi connectivity index (χ0n) is 27.5. The van der Waals surface area contributed by atoms with E-state index in [2.05, 4.69) is 210 Å². The monoisotopic (exact) mass is 638 g/mol. The highest BCUT2D eigenvalue weighted by Gasteiger charge is 2.14. The summed E-state index contributed by atoms with van der Waals surface area (Å²) in [5.41, 5.74) is 15.3. The highest BCUT2D eigenvalue weighted by molar-refractivity contribution is 6.10. The number of hydrogen-bond acceptors (Lipinski definition) is 1. The molecule has 0 amide bonds. The van der Waals surface area contributed by atoms with E-state index in [1.165, 1.54) is 60.8 Å². The number of benzene rings is 8. The molecular weight excluding hydrogens is 605 g/mol. The molecule has 0 spiro atoms. The van der Waals surface area contributed by atoms with Crippen LogP contribution < -0.4 is 5.32 Å². The Balaban J connectivity index is 1.05. The maximum absolute atomic E-state index is 3.68. The molecule has 1 aromatic heterocycles. The van der Waals surface area contributed by atoms with Crippen molar-refractivity contribution in [1.82, 2.24) is 4.57 Å². The molecule has 0 fully saturated rings. The van der Waals surface area contributed by atoms with Gasteiger partial charge in [0.25, 0.3) is 0 Å². The third kappa shape index (κ3) is 5.53. The third-order valence-electron chi connectivity index (χ3n) is 9.61. The lowest BCUT2D eigenvalue weighted by atomic mass is 9.97. The summed E-state index contributed by atoms with van der Waals surface area (Å²) in [4.78, 5) is 0. The fraction of sp³-hybridized carbons (Fsp3) is 0. The molecule has 0 radical (unpaired) electrons. The van der Waals surface area contributed by atoms with Crippen molar-refractivity contribution in [3.8, 4) is 50.2 Å². The van der Waals surface area contributed by atoms with Gasteiger partial charge in [-0.1, -0.05) is 146 Å². The van der Waals surface area contributed by atoms with Gasteiger partial charge in [-0.25, -0.2) is 0 Å². The summed E-state index contributed by atoms with van der Waals surface area (Å²) in [6, 6.07) is 71.6. The summed E-state index contributed by atoms with van der Waals surface area (Å²) in [5, 5.41) is 6.18. The molecule has 0 saturated carbocycles. The second-order valence-electron chi connectivity index (χ2n) is 12.7. The minimum absolute atomic E-state index is 1.06. The van der Waals surface area contributed by atoms with Gasteiger partial charge in [-0.3, -0.25) is 0 Å². The Hall–Kier alpha value is -6.64. The Morgan fingerprint density at radius 2 is 0.840 bits per heavy atom. The van der Waals surface area contributed by atoms with Crippen molar-refractivity contribution in [2.24, 2.45) is 0 Å². The highest BCUT2D eigenvalue weighted by atomic mass is 15.0. The van der Waals surface area contributed by atoms with Crippen molar-refractivity contribution in [1.29, 1.82) is 0 Å². The van der Waals surface area contributed by atoms with Gasteiger partial charge in [0.1, 0.15) is 0 Å². The van der Waals surface area contributed by atoms with Gasteiger partial charge in [-0.2, -0.15) is 0 Å². The minimum atomic E-state index is 1.06. The van der Waals surface area contributed by atoms with Gasteiger partial charge in [0.2, 0.25) is 0 Å². The molecule has 50 heavy (non-hydrogen) atoms. The fourth-order valence-corrected chi connectivity index (χ4v) is 7.11. The van der Waals surface area contributed by atoms with Gasteiger partial charge >= 0.3 is 0 Å².